The smallest absolute Gasteiger partial charge is 0.545 e. The van der Waals surface area contributed by atoms with Crippen molar-refractivity contribution in [1.29, 1.82) is 0 Å². The van der Waals surface area contributed by atoms with Gasteiger partial charge in [0.25, 0.3) is 0 Å². The summed E-state index contributed by atoms with van der Waals surface area (Å²) in [6.07, 6.45) is 0. The van der Waals surface area contributed by atoms with Crippen LogP contribution in [0.4, 0.5) is 0 Å². The number of aromatic carboxylic acids is 1. The average Bonchev–Trinajstić information content (AvgIpc) is 2.23. The summed E-state index contributed by atoms with van der Waals surface area (Å²) in [6, 6.07) is 5.51. The van der Waals surface area contributed by atoms with Gasteiger partial charge in [0.15, 0.2) is 0 Å². The van der Waals surface area contributed by atoms with Crippen LogP contribution in [0.2, 0.25) is 0 Å². The van der Waals surface area contributed by atoms with Crippen molar-refractivity contribution in [2.75, 3.05) is 0 Å². The second kappa shape index (κ2) is 4.26. The first-order valence-corrected chi connectivity index (χ1v) is 4.23. The maximum Gasteiger partial charge on any atom is 1.00 e. The van der Waals surface area contributed by atoms with Crippen LogP contribution in [0.5, 0.6) is 0 Å². The molecule has 2 nitrogen and oxygen atoms in total. The number of fused-ring (bicyclic) bond motifs is 2. The zero-order chi connectivity index (χ0) is 7.84. The Bertz CT molecular complexity index is 303. The zero-order valence-corrected chi connectivity index (χ0v) is 10.6. The van der Waals surface area contributed by atoms with Crippen molar-refractivity contribution in [2.24, 2.45) is 0 Å². The topological polar surface area (TPSA) is 40.1 Å². The van der Waals surface area contributed by atoms with Gasteiger partial charge in [0.1, 0.15) is 0 Å². The van der Waals surface area contributed by atoms with E-state index >= 15 is 0 Å². The number of benzene rings is 1. The largest absolute Gasteiger partial charge is 1.00 e. The molecule has 0 amide bonds. The molecule has 1 aliphatic rings. The number of carbonyl (C=O) groups excluding carboxylic acids is 1. The van der Waals surface area contributed by atoms with Gasteiger partial charge in [-0.15, -0.1) is 11.8 Å². The molecule has 1 aromatic carbocycles. The summed E-state index contributed by atoms with van der Waals surface area (Å²) in [7, 11) is 0. The van der Waals surface area contributed by atoms with Crippen LogP contribution in [-0.4, -0.2) is 5.97 Å². The van der Waals surface area contributed by atoms with Crippen LogP contribution >= 0.6 is 11.8 Å². The monoisotopic (exact) mass is 204 g/mol. The fourth-order valence-electron chi connectivity index (χ4n) is 1.20. The predicted molar refractivity (Wildman–Crippen MR) is 40.3 cm³/mol. The molecule has 0 saturated heterocycles. The first-order valence-electron chi connectivity index (χ1n) is 3.25. The minimum atomic E-state index is -1.06. The molecule has 0 aliphatic carbocycles. The Morgan fingerprint density at radius 3 is 2.75 bits per heavy atom. The first kappa shape index (κ1) is 10.8. The SMILES string of the molecule is O=C([O-])c1c2cccc1SC2.[K+]. The van der Waals surface area contributed by atoms with Crippen LogP contribution in [0, 0.1) is 0 Å². The number of carboxylic acid groups (broad SMARTS) is 1. The average molecular weight is 204 g/mol. The molecule has 1 aliphatic heterocycles. The van der Waals surface area contributed by atoms with Gasteiger partial charge in [-0.05, 0) is 11.6 Å². The second-order valence-corrected chi connectivity index (χ2v) is 3.38. The third kappa shape index (κ3) is 1.78. The van der Waals surface area contributed by atoms with Crippen LogP contribution in [0.15, 0.2) is 23.1 Å². The van der Waals surface area contributed by atoms with Gasteiger partial charge in [-0.2, -0.15) is 0 Å². The Balaban J connectivity index is 0.000000720. The Morgan fingerprint density at radius 2 is 2.25 bits per heavy atom. The van der Waals surface area contributed by atoms with E-state index < -0.39 is 5.97 Å². The molecule has 2 bridgehead atoms. The standard InChI is InChI=1S/C8H6O2S.K/c9-8(10)7-5-2-1-3-6(7)11-4-5;/h1-3H,4H2,(H,9,10);/q;+1/p-1. The van der Waals surface area contributed by atoms with Gasteiger partial charge in [-0.3, -0.25) is 0 Å². The molecule has 0 spiro atoms. The molecule has 4 heteroatoms. The number of hydrogen-bond acceptors (Lipinski definition) is 3. The van der Waals surface area contributed by atoms with Crippen LogP contribution in [0.3, 0.4) is 0 Å². The quantitative estimate of drug-likeness (QED) is 0.481. The van der Waals surface area contributed by atoms with E-state index in [0.29, 0.717) is 5.56 Å². The van der Waals surface area contributed by atoms with Crippen LogP contribution in [0.1, 0.15) is 15.9 Å². The molecule has 0 unspecified atom stereocenters. The summed E-state index contributed by atoms with van der Waals surface area (Å²) in [5.41, 5.74) is 1.27. The van der Waals surface area contributed by atoms with Crippen molar-refractivity contribution >= 4 is 17.7 Å². The van der Waals surface area contributed by atoms with Crippen molar-refractivity contribution in [2.45, 2.75) is 10.6 Å². The molecule has 0 saturated carbocycles. The summed E-state index contributed by atoms with van der Waals surface area (Å²) >= 11 is 1.55. The molecule has 0 radical (unpaired) electrons. The van der Waals surface area contributed by atoms with E-state index in [0.717, 1.165) is 16.2 Å². The molecule has 12 heavy (non-hydrogen) atoms. The molecule has 0 fully saturated rings. The molecule has 1 heterocycles. The van der Waals surface area contributed by atoms with Crippen LogP contribution < -0.4 is 56.5 Å². The Kier molecular flexibility index (Phi) is 3.82. The maximum absolute atomic E-state index is 10.6. The molecular formula is C8H5KO2S. The van der Waals surface area contributed by atoms with Crippen molar-refractivity contribution in [3.63, 3.8) is 0 Å². The van der Waals surface area contributed by atoms with Gasteiger partial charge in [0.2, 0.25) is 0 Å². The van der Waals surface area contributed by atoms with Crippen LogP contribution in [0.25, 0.3) is 0 Å². The minimum Gasteiger partial charge on any atom is -0.545 e. The summed E-state index contributed by atoms with van der Waals surface area (Å²) < 4.78 is 0. The van der Waals surface area contributed by atoms with E-state index in [1.54, 1.807) is 11.8 Å². The van der Waals surface area contributed by atoms with Gasteiger partial charge in [0.05, 0.1) is 5.97 Å². The zero-order valence-electron chi connectivity index (χ0n) is 6.66. The Labute approximate surface area is 117 Å². The maximum atomic E-state index is 10.6. The van der Waals surface area contributed by atoms with Crippen LogP contribution in [-0.2, 0) is 5.75 Å². The molecule has 0 N–H and O–H groups in total. The number of hydrogen-bond donors (Lipinski definition) is 0. The molecule has 0 atom stereocenters. The molecule has 0 aromatic heterocycles. The summed E-state index contributed by atoms with van der Waals surface area (Å²) in [5.74, 6) is -0.286. The molecule has 56 valence electrons. The van der Waals surface area contributed by atoms with Gasteiger partial charge in [-0.1, -0.05) is 12.1 Å². The molecular weight excluding hydrogens is 199 g/mol. The van der Waals surface area contributed by atoms with E-state index in [-0.39, 0.29) is 51.4 Å². The van der Waals surface area contributed by atoms with E-state index in [9.17, 15) is 9.90 Å². The second-order valence-electron chi connectivity index (χ2n) is 2.37. The third-order valence-electron chi connectivity index (χ3n) is 1.70. The first-order chi connectivity index (χ1) is 5.29. The normalized spacial score (nSPS) is 12.3. The van der Waals surface area contributed by atoms with Crippen molar-refractivity contribution < 1.29 is 61.3 Å². The van der Waals surface area contributed by atoms with E-state index in [1.165, 1.54) is 0 Å². The van der Waals surface area contributed by atoms with Gasteiger partial charge >= 0.3 is 51.4 Å². The number of carbonyl (C=O) groups is 1. The fourth-order valence-corrected chi connectivity index (χ4v) is 2.29. The van der Waals surface area contributed by atoms with Gasteiger partial charge in [0, 0.05) is 16.2 Å². The minimum absolute atomic E-state index is 0. The van der Waals surface area contributed by atoms with Gasteiger partial charge < -0.3 is 9.90 Å². The third-order valence-corrected chi connectivity index (χ3v) is 2.81. The summed E-state index contributed by atoms with van der Waals surface area (Å²) in [6.45, 7) is 0. The van der Waals surface area contributed by atoms with Crippen molar-refractivity contribution in [1.82, 2.24) is 0 Å². The van der Waals surface area contributed by atoms with E-state index in [4.69, 9.17) is 0 Å². The van der Waals surface area contributed by atoms with Crippen molar-refractivity contribution in [3.05, 3.63) is 29.3 Å². The number of thioether (sulfide) groups is 1. The summed E-state index contributed by atoms with van der Waals surface area (Å²) in [5, 5.41) is 10.6. The van der Waals surface area contributed by atoms with E-state index in [2.05, 4.69) is 0 Å². The molecule has 2 rings (SSSR count). The van der Waals surface area contributed by atoms with Crippen molar-refractivity contribution in [3.8, 4) is 0 Å². The Morgan fingerprint density at radius 1 is 1.50 bits per heavy atom. The number of carboxylic acids is 1. The predicted octanol–water partition coefficient (Wildman–Crippen LogP) is -2.34. The Hall–Kier alpha value is 0.676. The van der Waals surface area contributed by atoms with E-state index in [1.807, 2.05) is 18.2 Å². The number of rotatable bonds is 1. The fraction of sp³-hybridized carbons (Fsp3) is 0.125. The van der Waals surface area contributed by atoms with Gasteiger partial charge in [-0.25, -0.2) is 0 Å². The summed E-state index contributed by atoms with van der Waals surface area (Å²) in [4.78, 5) is 11.4. The molecule has 1 aromatic rings.